The molecule has 1 aliphatic carbocycles. The van der Waals surface area contributed by atoms with E-state index in [0.29, 0.717) is 12.1 Å². The molecule has 1 saturated carbocycles. The first-order chi connectivity index (χ1) is 8.29. The van der Waals surface area contributed by atoms with Gasteiger partial charge in [0.1, 0.15) is 0 Å². The SMILES string of the molecule is [N-]=[N+]=Nc1ccc(/C=C2\CCCCC2=O)cc1. The van der Waals surface area contributed by atoms with Crippen LogP contribution in [0.15, 0.2) is 35.0 Å². The van der Waals surface area contributed by atoms with Crippen LogP contribution in [0.2, 0.25) is 0 Å². The van der Waals surface area contributed by atoms with Gasteiger partial charge >= 0.3 is 0 Å². The summed E-state index contributed by atoms with van der Waals surface area (Å²) < 4.78 is 0. The number of hydrogen-bond acceptors (Lipinski definition) is 2. The standard InChI is InChI=1S/C13H13N3O/c14-16-15-12-7-5-10(6-8-12)9-11-3-1-2-4-13(11)17/h5-9H,1-4H2/b11-9+. The van der Waals surface area contributed by atoms with E-state index in [2.05, 4.69) is 10.0 Å². The van der Waals surface area contributed by atoms with Crippen LogP contribution in [-0.4, -0.2) is 5.78 Å². The maximum Gasteiger partial charge on any atom is 0.158 e. The highest BCUT2D eigenvalue weighted by atomic mass is 16.1. The van der Waals surface area contributed by atoms with Gasteiger partial charge < -0.3 is 0 Å². The van der Waals surface area contributed by atoms with Gasteiger partial charge in [-0.05, 0) is 42.0 Å². The van der Waals surface area contributed by atoms with E-state index in [1.807, 2.05) is 18.2 Å². The minimum absolute atomic E-state index is 0.260. The van der Waals surface area contributed by atoms with Gasteiger partial charge in [0, 0.05) is 17.0 Å². The van der Waals surface area contributed by atoms with Crippen LogP contribution in [0, 0.1) is 0 Å². The molecule has 0 radical (unpaired) electrons. The predicted molar refractivity (Wildman–Crippen MR) is 66.7 cm³/mol. The summed E-state index contributed by atoms with van der Waals surface area (Å²) in [4.78, 5) is 14.4. The molecule has 0 aromatic heterocycles. The summed E-state index contributed by atoms with van der Waals surface area (Å²) in [5.41, 5.74) is 10.8. The van der Waals surface area contributed by atoms with Gasteiger partial charge in [-0.2, -0.15) is 0 Å². The molecule has 4 heteroatoms. The third-order valence-electron chi connectivity index (χ3n) is 2.85. The molecule has 1 aromatic carbocycles. The topological polar surface area (TPSA) is 65.8 Å². The van der Waals surface area contributed by atoms with Crippen LogP contribution < -0.4 is 0 Å². The molecule has 0 bridgehead atoms. The van der Waals surface area contributed by atoms with E-state index < -0.39 is 0 Å². The number of benzene rings is 1. The maximum atomic E-state index is 11.6. The molecule has 1 aromatic rings. The van der Waals surface area contributed by atoms with Gasteiger partial charge in [-0.3, -0.25) is 4.79 Å². The fraction of sp³-hybridized carbons (Fsp3) is 0.308. The van der Waals surface area contributed by atoms with Gasteiger partial charge in [-0.25, -0.2) is 0 Å². The van der Waals surface area contributed by atoms with Crippen molar-refractivity contribution in [1.82, 2.24) is 0 Å². The van der Waals surface area contributed by atoms with Gasteiger partial charge in [0.05, 0.1) is 0 Å². The van der Waals surface area contributed by atoms with Crippen molar-refractivity contribution < 1.29 is 4.79 Å². The molecule has 0 heterocycles. The fourth-order valence-electron chi connectivity index (χ4n) is 1.94. The van der Waals surface area contributed by atoms with Crippen molar-refractivity contribution in [2.75, 3.05) is 0 Å². The summed E-state index contributed by atoms with van der Waals surface area (Å²) in [5.74, 6) is 0.260. The summed E-state index contributed by atoms with van der Waals surface area (Å²) in [6.45, 7) is 0. The number of ketones is 1. The predicted octanol–water partition coefficient (Wildman–Crippen LogP) is 4.15. The number of rotatable bonds is 2. The van der Waals surface area contributed by atoms with E-state index >= 15 is 0 Å². The number of nitrogens with zero attached hydrogens (tertiary/aromatic N) is 3. The molecule has 17 heavy (non-hydrogen) atoms. The maximum absolute atomic E-state index is 11.6. The largest absolute Gasteiger partial charge is 0.295 e. The van der Waals surface area contributed by atoms with Crippen molar-refractivity contribution in [2.24, 2.45) is 5.11 Å². The molecule has 0 saturated heterocycles. The Hall–Kier alpha value is -2.06. The van der Waals surface area contributed by atoms with Crippen LogP contribution in [0.5, 0.6) is 0 Å². The van der Waals surface area contributed by atoms with Crippen molar-refractivity contribution in [3.63, 3.8) is 0 Å². The minimum Gasteiger partial charge on any atom is -0.295 e. The van der Waals surface area contributed by atoms with E-state index in [0.717, 1.165) is 30.4 Å². The van der Waals surface area contributed by atoms with Gasteiger partial charge in [0.15, 0.2) is 5.78 Å². The van der Waals surface area contributed by atoms with Crippen molar-refractivity contribution in [3.8, 4) is 0 Å². The zero-order chi connectivity index (χ0) is 12.1. The van der Waals surface area contributed by atoms with Gasteiger partial charge in [0.25, 0.3) is 0 Å². The molecular formula is C13H13N3O. The highest BCUT2D eigenvalue weighted by Crippen LogP contribution is 2.23. The minimum atomic E-state index is 0.260. The molecule has 0 unspecified atom stereocenters. The monoisotopic (exact) mass is 227 g/mol. The number of carbonyl (C=O) groups is 1. The first kappa shape index (κ1) is 11.4. The van der Waals surface area contributed by atoms with Crippen LogP contribution in [-0.2, 0) is 4.79 Å². The molecule has 1 fully saturated rings. The second-order valence-corrected chi connectivity index (χ2v) is 4.08. The molecule has 0 N–H and O–H groups in total. The highest BCUT2D eigenvalue weighted by Gasteiger charge is 2.14. The average molecular weight is 227 g/mol. The zero-order valence-electron chi connectivity index (χ0n) is 9.47. The fourth-order valence-corrected chi connectivity index (χ4v) is 1.94. The first-order valence-corrected chi connectivity index (χ1v) is 5.68. The Labute approximate surface area is 99.6 Å². The Balaban J connectivity index is 2.20. The smallest absolute Gasteiger partial charge is 0.158 e. The van der Waals surface area contributed by atoms with Gasteiger partial charge in [-0.1, -0.05) is 29.4 Å². The van der Waals surface area contributed by atoms with Crippen LogP contribution >= 0.6 is 0 Å². The van der Waals surface area contributed by atoms with Gasteiger partial charge in [-0.15, -0.1) is 0 Å². The number of Topliss-reactive ketones (excluding diaryl/α,β-unsaturated/α-hetero) is 1. The Kier molecular flexibility index (Phi) is 3.58. The van der Waals surface area contributed by atoms with Crippen molar-refractivity contribution >= 4 is 17.5 Å². The molecule has 0 atom stereocenters. The molecular weight excluding hydrogens is 214 g/mol. The molecule has 0 amide bonds. The normalized spacial score (nSPS) is 17.9. The molecule has 0 spiro atoms. The van der Waals surface area contributed by atoms with Crippen LogP contribution in [0.3, 0.4) is 0 Å². The van der Waals surface area contributed by atoms with Crippen molar-refractivity contribution in [1.29, 1.82) is 0 Å². The summed E-state index contributed by atoms with van der Waals surface area (Å²) in [6.07, 6.45) is 5.57. The number of allylic oxidation sites excluding steroid dienone is 1. The number of hydrogen-bond donors (Lipinski definition) is 0. The summed E-state index contributed by atoms with van der Waals surface area (Å²) >= 11 is 0. The van der Waals surface area contributed by atoms with E-state index in [-0.39, 0.29) is 5.78 Å². The second kappa shape index (κ2) is 5.32. The average Bonchev–Trinajstić information content (AvgIpc) is 2.35. The lowest BCUT2D eigenvalue weighted by atomic mass is 9.92. The molecule has 4 nitrogen and oxygen atoms in total. The Morgan fingerprint density at radius 3 is 2.53 bits per heavy atom. The molecule has 0 aliphatic heterocycles. The third kappa shape index (κ3) is 2.95. The Morgan fingerprint density at radius 2 is 1.88 bits per heavy atom. The number of azide groups is 1. The lowest BCUT2D eigenvalue weighted by Crippen LogP contribution is -2.07. The van der Waals surface area contributed by atoms with E-state index in [4.69, 9.17) is 5.53 Å². The quantitative estimate of drug-likeness (QED) is 0.324. The van der Waals surface area contributed by atoms with E-state index in [9.17, 15) is 4.79 Å². The summed E-state index contributed by atoms with van der Waals surface area (Å²) in [5, 5.41) is 3.50. The lowest BCUT2D eigenvalue weighted by molar-refractivity contribution is -0.116. The van der Waals surface area contributed by atoms with E-state index in [1.165, 1.54) is 0 Å². The molecule has 2 rings (SSSR count). The lowest BCUT2D eigenvalue weighted by Gasteiger charge is -2.12. The molecule has 1 aliphatic rings. The van der Waals surface area contributed by atoms with Crippen molar-refractivity contribution in [3.05, 3.63) is 45.8 Å². The third-order valence-corrected chi connectivity index (χ3v) is 2.85. The summed E-state index contributed by atoms with van der Waals surface area (Å²) in [7, 11) is 0. The zero-order valence-corrected chi connectivity index (χ0v) is 9.47. The van der Waals surface area contributed by atoms with Crippen LogP contribution in [0.25, 0.3) is 16.5 Å². The van der Waals surface area contributed by atoms with Crippen LogP contribution in [0.1, 0.15) is 31.2 Å². The number of carbonyl (C=O) groups excluding carboxylic acids is 1. The first-order valence-electron chi connectivity index (χ1n) is 5.68. The van der Waals surface area contributed by atoms with Crippen molar-refractivity contribution in [2.45, 2.75) is 25.7 Å². The Morgan fingerprint density at radius 1 is 1.18 bits per heavy atom. The Bertz CT molecular complexity index is 496. The summed E-state index contributed by atoms with van der Waals surface area (Å²) in [6, 6.07) is 7.22. The highest BCUT2D eigenvalue weighted by molar-refractivity contribution is 6.00. The van der Waals surface area contributed by atoms with Crippen LogP contribution in [0.4, 0.5) is 5.69 Å². The molecule has 86 valence electrons. The van der Waals surface area contributed by atoms with Gasteiger partial charge in [0.2, 0.25) is 0 Å². The second-order valence-electron chi connectivity index (χ2n) is 4.08. The van der Waals surface area contributed by atoms with E-state index in [1.54, 1.807) is 12.1 Å².